The van der Waals surface area contributed by atoms with Crippen molar-refractivity contribution >= 4 is 12.1 Å². The lowest BCUT2D eigenvalue weighted by molar-refractivity contribution is -0.142. The van der Waals surface area contributed by atoms with Gasteiger partial charge in [0.1, 0.15) is 5.60 Å². The number of nitrogens with zero attached hydrogens (tertiary/aromatic N) is 1. The third-order valence-corrected chi connectivity index (χ3v) is 4.36. The van der Waals surface area contributed by atoms with Gasteiger partial charge in [0.15, 0.2) is 0 Å². The summed E-state index contributed by atoms with van der Waals surface area (Å²) in [5.74, 6) is 0.176. The Kier molecular flexibility index (Phi) is 4.79. The molecule has 0 saturated carbocycles. The van der Waals surface area contributed by atoms with Crippen LogP contribution in [0.2, 0.25) is 0 Å². The average molecular weight is 297 g/mol. The van der Waals surface area contributed by atoms with Crippen molar-refractivity contribution in [3.63, 3.8) is 0 Å². The molecule has 0 aromatic carbocycles. The first-order valence-electron chi connectivity index (χ1n) is 7.88. The van der Waals surface area contributed by atoms with E-state index in [1.165, 1.54) is 7.11 Å². The number of carbonyl (C=O) groups excluding carboxylic acids is 2. The smallest absolute Gasteiger partial charge is 0.410 e. The first-order chi connectivity index (χ1) is 9.80. The number of carbonyl (C=O) groups is 2. The zero-order valence-corrected chi connectivity index (χ0v) is 13.6. The number of ether oxygens (including phenoxy) is 2. The minimum atomic E-state index is -0.464. The fourth-order valence-corrected chi connectivity index (χ4v) is 3.59. The van der Waals surface area contributed by atoms with Crippen molar-refractivity contribution in [2.24, 2.45) is 5.92 Å². The van der Waals surface area contributed by atoms with Crippen LogP contribution in [0.15, 0.2) is 0 Å². The van der Waals surface area contributed by atoms with E-state index >= 15 is 0 Å². The van der Waals surface area contributed by atoms with E-state index < -0.39 is 5.60 Å². The molecule has 0 radical (unpaired) electrons. The Hall–Kier alpha value is -1.26. The van der Waals surface area contributed by atoms with Crippen LogP contribution < -0.4 is 0 Å². The Labute approximate surface area is 127 Å². The highest BCUT2D eigenvalue weighted by atomic mass is 16.6. The molecule has 2 saturated heterocycles. The Bertz CT molecular complexity index is 388. The van der Waals surface area contributed by atoms with Gasteiger partial charge in [-0.15, -0.1) is 0 Å². The van der Waals surface area contributed by atoms with Crippen LogP contribution in [0.4, 0.5) is 4.79 Å². The molecule has 2 rings (SSSR count). The van der Waals surface area contributed by atoms with Gasteiger partial charge in [0.05, 0.1) is 7.11 Å². The van der Waals surface area contributed by atoms with E-state index in [1.807, 2.05) is 25.7 Å². The number of esters is 1. The normalized spacial score (nSPS) is 29.0. The number of hydrogen-bond acceptors (Lipinski definition) is 4. The van der Waals surface area contributed by atoms with E-state index in [1.54, 1.807) is 0 Å². The molecule has 2 aliphatic heterocycles. The zero-order chi connectivity index (χ0) is 15.6. The monoisotopic (exact) mass is 297 g/mol. The van der Waals surface area contributed by atoms with Gasteiger partial charge in [-0.05, 0) is 58.8 Å². The summed E-state index contributed by atoms with van der Waals surface area (Å²) in [5, 5.41) is 0. The highest BCUT2D eigenvalue weighted by Crippen LogP contribution is 2.39. The van der Waals surface area contributed by atoms with E-state index in [2.05, 4.69) is 0 Å². The van der Waals surface area contributed by atoms with Crippen molar-refractivity contribution in [2.75, 3.05) is 7.11 Å². The molecule has 2 bridgehead atoms. The Morgan fingerprint density at radius 1 is 1.14 bits per heavy atom. The maximum Gasteiger partial charge on any atom is 0.410 e. The van der Waals surface area contributed by atoms with Gasteiger partial charge in [0.2, 0.25) is 0 Å². The summed E-state index contributed by atoms with van der Waals surface area (Å²) in [7, 11) is 1.43. The Morgan fingerprint density at radius 3 is 2.19 bits per heavy atom. The van der Waals surface area contributed by atoms with Crippen LogP contribution in [0.5, 0.6) is 0 Å². The molecular weight excluding hydrogens is 270 g/mol. The van der Waals surface area contributed by atoms with E-state index in [-0.39, 0.29) is 24.1 Å². The zero-order valence-electron chi connectivity index (χ0n) is 13.6. The standard InChI is InChI=1S/C16H27NO4/c1-16(2,3)21-15(19)17-12-6-5-7-13(17)9-11(8-12)10-14(18)20-4/h11-13H,5-10H2,1-4H3. The maximum absolute atomic E-state index is 12.4. The number of fused-ring (bicyclic) bond motifs is 2. The molecule has 0 aliphatic carbocycles. The molecule has 2 aliphatic rings. The highest BCUT2D eigenvalue weighted by Gasteiger charge is 2.42. The third-order valence-electron chi connectivity index (χ3n) is 4.36. The molecular formula is C16H27NO4. The van der Waals surface area contributed by atoms with Gasteiger partial charge >= 0.3 is 12.1 Å². The summed E-state index contributed by atoms with van der Waals surface area (Å²) >= 11 is 0. The molecule has 2 unspecified atom stereocenters. The predicted molar refractivity (Wildman–Crippen MR) is 78.9 cm³/mol. The number of amides is 1. The Balaban J connectivity index is 2.02. The van der Waals surface area contributed by atoms with E-state index in [9.17, 15) is 9.59 Å². The molecule has 2 heterocycles. The van der Waals surface area contributed by atoms with E-state index in [0.717, 1.165) is 32.1 Å². The van der Waals surface area contributed by atoms with Crippen molar-refractivity contribution < 1.29 is 19.1 Å². The van der Waals surface area contributed by atoms with E-state index in [4.69, 9.17) is 9.47 Å². The Morgan fingerprint density at radius 2 is 1.71 bits per heavy atom. The molecule has 0 aromatic heterocycles. The van der Waals surface area contributed by atoms with Gasteiger partial charge in [-0.2, -0.15) is 0 Å². The first-order valence-corrected chi connectivity index (χ1v) is 7.88. The minimum Gasteiger partial charge on any atom is -0.469 e. The molecule has 0 N–H and O–H groups in total. The number of piperidine rings is 2. The summed E-state index contributed by atoms with van der Waals surface area (Å²) in [4.78, 5) is 25.8. The first kappa shape index (κ1) is 16.1. The van der Waals surface area contributed by atoms with Gasteiger partial charge in [0.25, 0.3) is 0 Å². The summed E-state index contributed by atoms with van der Waals surface area (Å²) in [6.07, 6.45) is 5.19. The third kappa shape index (κ3) is 4.11. The fourth-order valence-electron chi connectivity index (χ4n) is 3.59. The minimum absolute atomic E-state index is 0.149. The SMILES string of the molecule is COC(=O)CC1CC2CCCC(C1)N2C(=O)OC(C)(C)C. The molecule has 0 aromatic rings. The van der Waals surface area contributed by atoms with Crippen molar-refractivity contribution in [3.05, 3.63) is 0 Å². The van der Waals surface area contributed by atoms with Crippen molar-refractivity contribution in [1.82, 2.24) is 4.90 Å². The summed E-state index contributed by atoms with van der Waals surface area (Å²) < 4.78 is 10.3. The summed E-state index contributed by atoms with van der Waals surface area (Å²) in [6.45, 7) is 5.68. The predicted octanol–water partition coefficient (Wildman–Crippen LogP) is 3.12. The largest absolute Gasteiger partial charge is 0.469 e. The van der Waals surface area contributed by atoms with Gasteiger partial charge < -0.3 is 14.4 Å². The lowest BCUT2D eigenvalue weighted by Crippen LogP contribution is -2.56. The molecule has 5 nitrogen and oxygen atoms in total. The van der Waals surface area contributed by atoms with Gasteiger partial charge in [-0.1, -0.05) is 0 Å². The molecule has 0 spiro atoms. The average Bonchev–Trinajstić information content (AvgIpc) is 2.35. The van der Waals surface area contributed by atoms with Crippen LogP contribution >= 0.6 is 0 Å². The second-order valence-electron chi connectivity index (χ2n) is 7.24. The van der Waals surface area contributed by atoms with Gasteiger partial charge in [0, 0.05) is 18.5 Å². The molecule has 120 valence electrons. The molecule has 2 atom stereocenters. The van der Waals surface area contributed by atoms with Crippen LogP contribution in [-0.4, -0.2) is 41.8 Å². The van der Waals surface area contributed by atoms with Crippen LogP contribution in [0, 0.1) is 5.92 Å². The van der Waals surface area contributed by atoms with Crippen LogP contribution in [0.3, 0.4) is 0 Å². The second kappa shape index (κ2) is 6.24. The molecule has 1 amide bonds. The highest BCUT2D eigenvalue weighted by molar-refractivity contribution is 5.70. The van der Waals surface area contributed by atoms with Crippen molar-refractivity contribution in [1.29, 1.82) is 0 Å². The topological polar surface area (TPSA) is 55.8 Å². The lowest BCUT2D eigenvalue weighted by atomic mass is 9.77. The number of hydrogen-bond donors (Lipinski definition) is 0. The van der Waals surface area contributed by atoms with Crippen molar-refractivity contribution in [3.8, 4) is 0 Å². The van der Waals surface area contributed by atoms with Gasteiger partial charge in [-0.25, -0.2) is 4.79 Å². The number of methoxy groups -OCH3 is 1. The second-order valence-corrected chi connectivity index (χ2v) is 7.24. The van der Waals surface area contributed by atoms with Crippen LogP contribution in [0.25, 0.3) is 0 Å². The number of rotatable bonds is 2. The maximum atomic E-state index is 12.4. The van der Waals surface area contributed by atoms with E-state index in [0.29, 0.717) is 12.3 Å². The van der Waals surface area contributed by atoms with Crippen LogP contribution in [-0.2, 0) is 14.3 Å². The van der Waals surface area contributed by atoms with Crippen molar-refractivity contribution in [2.45, 2.75) is 77.0 Å². The van der Waals surface area contributed by atoms with Crippen LogP contribution in [0.1, 0.15) is 59.3 Å². The molecule has 2 fully saturated rings. The fraction of sp³-hybridized carbons (Fsp3) is 0.875. The summed E-state index contributed by atoms with van der Waals surface area (Å²) in [5.41, 5.74) is -0.464. The quantitative estimate of drug-likeness (QED) is 0.735. The molecule has 5 heteroatoms. The summed E-state index contributed by atoms with van der Waals surface area (Å²) in [6, 6.07) is 0.420. The lowest BCUT2D eigenvalue weighted by Gasteiger charge is -2.48. The molecule has 21 heavy (non-hydrogen) atoms. The van der Waals surface area contributed by atoms with Gasteiger partial charge in [-0.3, -0.25) is 4.79 Å².